The normalized spacial score (nSPS) is 12.5. The van der Waals surface area contributed by atoms with Crippen LogP contribution in [0.3, 0.4) is 0 Å². The third-order valence-corrected chi connectivity index (χ3v) is 3.61. The van der Waals surface area contributed by atoms with E-state index in [4.69, 9.17) is 5.73 Å². The predicted molar refractivity (Wildman–Crippen MR) is 66.7 cm³/mol. The first-order valence-corrected chi connectivity index (χ1v) is 6.39. The van der Waals surface area contributed by atoms with Crippen molar-refractivity contribution < 1.29 is 4.79 Å². The van der Waals surface area contributed by atoms with Gasteiger partial charge in [0.1, 0.15) is 5.69 Å². The molecule has 1 rings (SSSR count). The van der Waals surface area contributed by atoms with E-state index in [0.29, 0.717) is 12.2 Å². The second-order valence-corrected chi connectivity index (χ2v) is 4.78. The van der Waals surface area contributed by atoms with Crippen molar-refractivity contribution in [3.63, 3.8) is 0 Å². The Balaban J connectivity index is 2.72. The Kier molecular flexibility index (Phi) is 4.89. The molecule has 1 aromatic rings. The Bertz CT molecular complexity index is 351. The van der Waals surface area contributed by atoms with Crippen molar-refractivity contribution in [2.45, 2.75) is 32.7 Å². The second kappa shape index (κ2) is 5.96. The van der Waals surface area contributed by atoms with Gasteiger partial charge in [0.2, 0.25) is 0 Å². The van der Waals surface area contributed by atoms with Crippen LogP contribution in [-0.4, -0.2) is 35.4 Å². The van der Waals surface area contributed by atoms with Crippen LogP contribution in [0.15, 0.2) is 5.38 Å². The SMILES string of the molecule is CCC(C)N(C)C(=O)c1csc(CCN)n1. The maximum absolute atomic E-state index is 12.0. The van der Waals surface area contributed by atoms with Crippen molar-refractivity contribution in [3.05, 3.63) is 16.1 Å². The summed E-state index contributed by atoms with van der Waals surface area (Å²) in [6, 6.07) is 0.243. The van der Waals surface area contributed by atoms with Crippen LogP contribution in [0.4, 0.5) is 0 Å². The maximum atomic E-state index is 12.0. The number of amides is 1. The minimum Gasteiger partial charge on any atom is -0.338 e. The molecule has 0 aliphatic carbocycles. The summed E-state index contributed by atoms with van der Waals surface area (Å²) < 4.78 is 0. The van der Waals surface area contributed by atoms with Crippen molar-refractivity contribution >= 4 is 17.2 Å². The van der Waals surface area contributed by atoms with Crippen LogP contribution < -0.4 is 5.73 Å². The third kappa shape index (κ3) is 3.02. The van der Waals surface area contributed by atoms with E-state index >= 15 is 0 Å². The molecular weight excluding hydrogens is 222 g/mol. The van der Waals surface area contributed by atoms with E-state index in [9.17, 15) is 4.79 Å². The predicted octanol–water partition coefficient (Wildman–Crippen LogP) is 1.51. The van der Waals surface area contributed by atoms with Gasteiger partial charge in [0, 0.05) is 24.9 Å². The highest BCUT2D eigenvalue weighted by Gasteiger charge is 2.18. The van der Waals surface area contributed by atoms with Gasteiger partial charge in [-0.2, -0.15) is 0 Å². The Morgan fingerprint density at radius 3 is 2.94 bits per heavy atom. The quantitative estimate of drug-likeness (QED) is 0.850. The fourth-order valence-electron chi connectivity index (χ4n) is 1.30. The Morgan fingerprint density at radius 1 is 1.69 bits per heavy atom. The molecule has 5 heteroatoms. The fourth-order valence-corrected chi connectivity index (χ4v) is 2.09. The highest BCUT2D eigenvalue weighted by atomic mass is 32.1. The first kappa shape index (κ1) is 13.1. The average Bonchev–Trinajstić information content (AvgIpc) is 2.75. The first-order valence-electron chi connectivity index (χ1n) is 5.51. The lowest BCUT2D eigenvalue weighted by molar-refractivity contribution is 0.0735. The lowest BCUT2D eigenvalue weighted by atomic mass is 10.2. The highest BCUT2D eigenvalue weighted by molar-refractivity contribution is 7.09. The van der Waals surface area contributed by atoms with Gasteiger partial charge in [0.25, 0.3) is 5.91 Å². The Labute approximate surface area is 100 Å². The monoisotopic (exact) mass is 241 g/mol. The lowest BCUT2D eigenvalue weighted by Gasteiger charge is -2.22. The van der Waals surface area contributed by atoms with Crippen molar-refractivity contribution in [1.29, 1.82) is 0 Å². The molecule has 1 aromatic heterocycles. The van der Waals surface area contributed by atoms with E-state index in [-0.39, 0.29) is 11.9 Å². The molecule has 1 unspecified atom stereocenters. The molecule has 0 saturated heterocycles. The molecule has 0 aromatic carbocycles. The average molecular weight is 241 g/mol. The summed E-state index contributed by atoms with van der Waals surface area (Å²) in [6.45, 7) is 4.67. The Morgan fingerprint density at radius 2 is 2.38 bits per heavy atom. The smallest absolute Gasteiger partial charge is 0.273 e. The van der Waals surface area contributed by atoms with Crippen LogP contribution in [0.25, 0.3) is 0 Å². The number of aromatic nitrogens is 1. The molecule has 0 saturated carbocycles. The summed E-state index contributed by atoms with van der Waals surface area (Å²) >= 11 is 1.50. The summed E-state index contributed by atoms with van der Waals surface area (Å²) in [6.07, 6.45) is 1.69. The van der Waals surface area contributed by atoms with Crippen LogP contribution >= 0.6 is 11.3 Å². The molecule has 1 amide bonds. The topological polar surface area (TPSA) is 59.2 Å². The van der Waals surface area contributed by atoms with E-state index in [1.807, 2.05) is 19.4 Å². The van der Waals surface area contributed by atoms with Gasteiger partial charge < -0.3 is 10.6 Å². The summed E-state index contributed by atoms with van der Waals surface area (Å²) in [4.78, 5) is 18.0. The summed E-state index contributed by atoms with van der Waals surface area (Å²) in [5.74, 6) is -0.00567. The van der Waals surface area contributed by atoms with E-state index in [1.165, 1.54) is 11.3 Å². The summed E-state index contributed by atoms with van der Waals surface area (Å²) in [7, 11) is 1.82. The zero-order valence-electron chi connectivity index (χ0n) is 10.1. The molecule has 0 spiro atoms. The Hall–Kier alpha value is -0.940. The molecule has 0 fully saturated rings. The van der Waals surface area contributed by atoms with Crippen LogP contribution in [0, 0.1) is 0 Å². The lowest BCUT2D eigenvalue weighted by Crippen LogP contribution is -2.34. The number of carbonyl (C=O) groups is 1. The second-order valence-electron chi connectivity index (χ2n) is 3.84. The molecule has 0 aliphatic rings. The maximum Gasteiger partial charge on any atom is 0.273 e. The van der Waals surface area contributed by atoms with Gasteiger partial charge in [-0.15, -0.1) is 11.3 Å². The molecule has 2 N–H and O–H groups in total. The zero-order chi connectivity index (χ0) is 12.1. The zero-order valence-corrected chi connectivity index (χ0v) is 10.9. The number of hydrogen-bond acceptors (Lipinski definition) is 4. The number of nitrogens with zero attached hydrogens (tertiary/aromatic N) is 2. The van der Waals surface area contributed by atoms with Gasteiger partial charge in [0.05, 0.1) is 5.01 Å². The number of thiazole rings is 1. The van der Waals surface area contributed by atoms with Crippen LogP contribution in [0.2, 0.25) is 0 Å². The molecule has 16 heavy (non-hydrogen) atoms. The van der Waals surface area contributed by atoms with Crippen molar-refractivity contribution in [1.82, 2.24) is 9.88 Å². The summed E-state index contributed by atoms with van der Waals surface area (Å²) in [5, 5.41) is 2.75. The van der Waals surface area contributed by atoms with Gasteiger partial charge in [-0.05, 0) is 19.9 Å². The number of hydrogen-bond donors (Lipinski definition) is 1. The van der Waals surface area contributed by atoms with Crippen LogP contribution in [0.1, 0.15) is 35.8 Å². The van der Waals surface area contributed by atoms with Crippen molar-refractivity contribution in [3.8, 4) is 0 Å². The van der Waals surface area contributed by atoms with Gasteiger partial charge in [-0.3, -0.25) is 4.79 Å². The molecule has 0 aliphatic heterocycles. The first-order chi connectivity index (χ1) is 7.60. The van der Waals surface area contributed by atoms with Gasteiger partial charge in [-0.25, -0.2) is 4.98 Å². The standard InChI is InChI=1S/C11H19N3OS/c1-4-8(2)14(3)11(15)9-7-16-10(13-9)5-6-12/h7-8H,4-6,12H2,1-3H3. The molecule has 1 atom stereocenters. The molecule has 90 valence electrons. The van der Waals surface area contributed by atoms with Crippen molar-refractivity contribution in [2.75, 3.05) is 13.6 Å². The van der Waals surface area contributed by atoms with E-state index < -0.39 is 0 Å². The van der Waals surface area contributed by atoms with Gasteiger partial charge in [-0.1, -0.05) is 6.92 Å². The van der Waals surface area contributed by atoms with Gasteiger partial charge in [0.15, 0.2) is 0 Å². The molecule has 0 bridgehead atoms. The largest absolute Gasteiger partial charge is 0.338 e. The van der Waals surface area contributed by atoms with Crippen LogP contribution in [0.5, 0.6) is 0 Å². The van der Waals surface area contributed by atoms with E-state index in [0.717, 1.165) is 17.8 Å². The third-order valence-electron chi connectivity index (χ3n) is 2.70. The summed E-state index contributed by atoms with van der Waals surface area (Å²) in [5.41, 5.74) is 5.98. The minimum absolute atomic E-state index is 0.00567. The van der Waals surface area contributed by atoms with E-state index in [2.05, 4.69) is 11.9 Å². The number of carbonyl (C=O) groups excluding carboxylic acids is 1. The van der Waals surface area contributed by atoms with Crippen LogP contribution in [-0.2, 0) is 6.42 Å². The highest BCUT2D eigenvalue weighted by Crippen LogP contribution is 2.13. The number of nitrogens with two attached hydrogens (primary N) is 1. The molecule has 0 radical (unpaired) electrons. The van der Waals surface area contributed by atoms with Gasteiger partial charge >= 0.3 is 0 Å². The van der Waals surface area contributed by atoms with Crippen molar-refractivity contribution in [2.24, 2.45) is 5.73 Å². The fraction of sp³-hybridized carbons (Fsp3) is 0.636. The molecule has 1 heterocycles. The minimum atomic E-state index is -0.00567. The molecular formula is C11H19N3OS. The number of rotatable bonds is 5. The van der Waals surface area contributed by atoms with E-state index in [1.54, 1.807) is 4.90 Å². The molecule has 4 nitrogen and oxygen atoms in total.